The Bertz CT molecular complexity index is 389. The highest BCUT2D eigenvalue weighted by atomic mass is 16.5. The molecule has 2 saturated heterocycles. The highest BCUT2D eigenvalue weighted by Gasteiger charge is 2.40. The number of aromatic nitrogens is 2. The zero-order valence-electron chi connectivity index (χ0n) is 10.5. The molecule has 17 heavy (non-hydrogen) atoms. The van der Waals surface area contributed by atoms with Crippen molar-refractivity contribution in [3.8, 4) is 0 Å². The maximum Gasteiger partial charge on any atom is 0.243 e. The van der Waals surface area contributed by atoms with Crippen molar-refractivity contribution in [3.05, 3.63) is 11.7 Å². The quantitative estimate of drug-likeness (QED) is 0.841. The van der Waals surface area contributed by atoms with Gasteiger partial charge in [0, 0.05) is 18.0 Å². The summed E-state index contributed by atoms with van der Waals surface area (Å²) in [7, 11) is 2.24. The van der Waals surface area contributed by atoms with Crippen LogP contribution in [0.15, 0.2) is 4.52 Å². The molecule has 3 rings (SSSR count). The van der Waals surface area contributed by atoms with Gasteiger partial charge in [0.2, 0.25) is 5.89 Å². The Hall–Kier alpha value is -0.940. The van der Waals surface area contributed by atoms with Crippen LogP contribution in [0.3, 0.4) is 0 Å². The molecule has 3 heterocycles. The molecule has 5 heteroatoms. The van der Waals surface area contributed by atoms with E-state index in [0.29, 0.717) is 23.9 Å². The van der Waals surface area contributed by atoms with E-state index in [2.05, 4.69) is 22.1 Å². The molecule has 0 saturated carbocycles. The van der Waals surface area contributed by atoms with Gasteiger partial charge in [-0.3, -0.25) is 0 Å². The summed E-state index contributed by atoms with van der Waals surface area (Å²) in [5.41, 5.74) is 5.74. The van der Waals surface area contributed by atoms with Crippen LogP contribution in [-0.2, 0) is 0 Å². The summed E-state index contributed by atoms with van der Waals surface area (Å²) in [6.45, 7) is 1.87. The van der Waals surface area contributed by atoms with Crippen LogP contribution < -0.4 is 5.73 Å². The van der Waals surface area contributed by atoms with E-state index in [1.54, 1.807) is 0 Å². The van der Waals surface area contributed by atoms with Gasteiger partial charge in [-0.1, -0.05) is 5.16 Å². The summed E-state index contributed by atoms with van der Waals surface area (Å²) in [5, 5.41) is 4.10. The lowest BCUT2D eigenvalue weighted by atomic mass is 9.90. The second-order valence-corrected chi connectivity index (χ2v) is 5.50. The van der Waals surface area contributed by atoms with E-state index >= 15 is 0 Å². The van der Waals surface area contributed by atoms with Crippen LogP contribution in [0.25, 0.3) is 0 Å². The molecule has 2 N–H and O–H groups in total. The third-order valence-electron chi connectivity index (χ3n) is 4.31. The molecule has 3 atom stereocenters. The predicted octanol–water partition coefficient (Wildman–Crippen LogP) is 1.43. The highest BCUT2D eigenvalue weighted by molar-refractivity contribution is 5.05. The number of hydrogen-bond donors (Lipinski definition) is 1. The van der Waals surface area contributed by atoms with E-state index in [9.17, 15) is 0 Å². The number of nitrogens with two attached hydrogens (primary N) is 1. The van der Waals surface area contributed by atoms with Crippen molar-refractivity contribution in [3.63, 3.8) is 0 Å². The normalized spacial score (nSPS) is 35.1. The number of fused-ring (bicyclic) bond motifs is 2. The fourth-order valence-electron chi connectivity index (χ4n) is 3.22. The topological polar surface area (TPSA) is 68.2 Å². The lowest BCUT2D eigenvalue weighted by molar-refractivity contribution is 0.157. The molecule has 0 spiro atoms. The Morgan fingerprint density at radius 2 is 2.00 bits per heavy atom. The second-order valence-electron chi connectivity index (χ2n) is 5.50. The van der Waals surface area contributed by atoms with Gasteiger partial charge in [0.15, 0.2) is 5.82 Å². The SMILES string of the molecule is CC(N)c1nc(C2CC3CCC(C2)N3C)no1. The number of rotatable bonds is 2. The highest BCUT2D eigenvalue weighted by Crippen LogP contribution is 2.41. The average molecular weight is 236 g/mol. The Balaban J connectivity index is 1.77. The number of nitrogens with zero attached hydrogens (tertiary/aromatic N) is 3. The molecular formula is C12H20N4O. The smallest absolute Gasteiger partial charge is 0.243 e. The Morgan fingerprint density at radius 1 is 1.35 bits per heavy atom. The van der Waals surface area contributed by atoms with Gasteiger partial charge in [0.25, 0.3) is 0 Å². The van der Waals surface area contributed by atoms with Gasteiger partial charge in [0.1, 0.15) is 0 Å². The third-order valence-corrected chi connectivity index (χ3v) is 4.31. The van der Waals surface area contributed by atoms with Gasteiger partial charge in [0.05, 0.1) is 6.04 Å². The van der Waals surface area contributed by atoms with E-state index in [4.69, 9.17) is 10.3 Å². The van der Waals surface area contributed by atoms with Gasteiger partial charge >= 0.3 is 0 Å². The van der Waals surface area contributed by atoms with Gasteiger partial charge in [-0.05, 0) is 39.7 Å². The van der Waals surface area contributed by atoms with E-state index < -0.39 is 0 Å². The van der Waals surface area contributed by atoms with Crippen molar-refractivity contribution in [2.24, 2.45) is 5.73 Å². The third kappa shape index (κ3) is 1.87. The molecular weight excluding hydrogens is 216 g/mol. The maximum atomic E-state index is 5.74. The summed E-state index contributed by atoms with van der Waals surface area (Å²) in [5.74, 6) is 1.88. The summed E-state index contributed by atoms with van der Waals surface area (Å²) < 4.78 is 5.20. The first-order valence-electron chi connectivity index (χ1n) is 6.46. The molecule has 0 radical (unpaired) electrons. The van der Waals surface area contributed by atoms with Crippen LogP contribution >= 0.6 is 0 Å². The molecule has 5 nitrogen and oxygen atoms in total. The van der Waals surface area contributed by atoms with Crippen LogP contribution in [0.1, 0.15) is 56.3 Å². The zero-order valence-corrected chi connectivity index (χ0v) is 10.5. The number of piperidine rings is 1. The van der Waals surface area contributed by atoms with Crippen LogP contribution in [0.5, 0.6) is 0 Å². The summed E-state index contributed by atoms with van der Waals surface area (Å²) in [6.07, 6.45) is 4.95. The summed E-state index contributed by atoms with van der Waals surface area (Å²) in [4.78, 5) is 6.95. The molecule has 1 aromatic heterocycles. The largest absolute Gasteiger partial charge is 0.338 e. The Kier molecular flexibility index (Phi) is 2.67. The molecule has 2 aliphatic rings. The Labute approximate surface area is 101 Å². The molecule has 2 fully saturated rings. The number of hydrogen-bond acceptors (Lipinski definition) is 5. The zero-order chi connectivity index (χ0) is 12.0. The van der Waals surface area contributed by atoms with Crippen LogP contribution in [0, 0.1) is 0 Å². The predicted molar refractivity (Wildman–Crippen MR) is 63.4 cm³/mol. The molecule has 0 aliphatic carbocycles. The van der Waals surface area contributed by atoms with Crippen LogP contribution in [0.2, 0.25) is 0 Å². The lowest BCUT2D eigenvalue weighted by Gasteiger charge is -2.34. The van der Waals surface area contributed by atoms with Crippen LogP contribution in [0.4, 0.5) is 0 Å². The molecule has 3 unspecified atom stereocenters. The van der Waals surface area contributed by atoms with Gasteiger partial charge in [-0.2, -0.15) is 4.98 Å². The monoisotopic (exact) mass is 236 g/mol. The minimum absolute atomic E-state index is 0.167. The van der Waals surface area contributed by atoms with E-state index in [1.165, 1.54) is 12.8 Å². The first-order valence-corrected chi connectivity index (χ1v) is 6.46. The van der Waals surface area contributed by atoms with Crippen molar-refractivity contribution in [1.82, 2.24) is 15.0 Å². The van der Waals surface area contributed by atoms with E-state index in [-0.39, 0.29) is 6.04 Å². The minimum Gasteiger partial charge on any atom is -0.338 e. The van der Waals surface area contributed by atoms with Gasteiger partial charge in [-0.15, -0.1) is 0 Å². The molecule has 0 amide bonds. The van der Waals surface area contributed by atoms with E-state index in [0.717, 1.165) is 18.7 Å². The van der Waals surface area contributed by atoms with Crippen molar-refractivity contribution in [2.75, 3.05) is 7.05 Å². The maximum absolute atomic E-state index is 5.74. The molecule has 1 aromatic rings. The van der Waals surface area contributed by atoms with Crippen molar-refractivity contribution >= 4 is 0 Å². The standard InChI is InChI=1S/C12H20N4O/c1-7(13)12-14-11(15-17-12)8-5-9-3-4-10(6-8)16(9)2/h7-10H,3-6,13H2,1-2H3. The lowest BCUT2D eigenvalue weighted by Crippen LogP contribution is -2.39. The molecule has 94 valence electrons. The average Bonchev–Trinajstić information content (AvgIpc) is 2.83. The first kappa shape index (κ1) is 11.2. The fourth-order valence-corrected chi connectivity index (χ4v) is 3.22. The van der Waals surface area contributed by atoms with Gasteiger partial charge in [-0.25, -0.2) is 0 Å². The second kappa shape index (κ2) is 4.07. The van der Waals surface area contributed by atoms with E-state index in [1.807, 2.05) is 6.92 Å². The molecule has 2 aliphatic heterocycles. The molecule has 0 aromatic carbocycles. The van der Waals surface area contributed by atoms with Crippen molar-refractivity contribution < 1.29 is 4.52 Å². The Morgan fingerprint density at radius 3 is 2.53 bits per heavy atom. The van der Waals surface area contributed by atoms with Crippen molar-refractivity contribution in [1.29, 1.82) is 0 Å². The van der Waals surface area contributed by atoms with Crippen LogP contribution in [-0.4, -0.2) is 34.2 Å². The molecule has 2 bridgehead atoms. The fraction of sp³-hybridized carbons (Fsp3) is 0.833. The van der Waals surface area contributed by atoms with Crippen molar-refractivity contribution in [2.45, 2.75) is 56.7 Å². The summed E-state index contributed by atoms with van der Waals surface area (Å²) >= 11 is 0. The minimum atomic E-state index is -0.167. The van der Waals surface area contributed by atoms with Gasteiger partial charge < -0.3 is 15.2 Å². The summed E-state index contributed by atoms with van der Waals surface area (Å²) in [6, 6.07) is 1.24. The first-order chi connectivity index (χ1) is 8.15.